The third kappa shape index (κ3) is 2.02. The standard InChI is InChI=1S/C10H10BrN3O/c1-2-10(15)13-7-3-4-9-12-5-8(11)14(9)6-7/h3-6H,2H2,1H3,(H,13,15). The first-order chi connectivity index (χ1) is 7.20. The number of carbonyl (C=O) groups is 1. The van der Waals surface area contributed by atoms with Gasteiger partial charge in [0.1, 0.15) is 10.3 Å². The smallest absolute Gasteiger partial charge is 0.224 e. The van der Waals surface area contributed by atoms with Crippen LogP contribution in [0.5, 0.6) is 0 Å². The number of nitrogens with zero attached hydrogens (tertiary/aromatic N) is 2. The number of anilines is 1. The molecule has 0 aromatic carbocycles. The molecule has 78 valence electrons. The van der Waals surface area contributed by atoms with Gasteiger partial charge in [-0.05, 0) is 28.1 Å². The molecule has 0 aliphatic heterocycles. The molecule has 5 heteroatoms. The molecule has 2 heterocycles. The van der Waals surface area contributed by atoms with Gasteiger partial charge in [0.2, 0.25) is 5.91 Å². The number of aromatic nitrogens is 2. The zero-order chi connectivity index (χ0) is 10.8. The summed E-state index contributed by atoms with van der Waals surface area (Å²) in [6.45, 7) is 1.82. The highest BCUT2D eigenvalue weighted by Gasteiger charge is 2.03. The van der Waals surface area contributed by atoms with Gasteiger partial charge in [-0.1, -0.05) is 6.92 Å². The van der Waals surface area contributed by atoms with Crippen LogP contribution in [-0.4, -0.2) is 15.3 Å². The molecule has 0 aliphatic carbocycles. The van der Waals surface area contributed by atoms with Crippen LogP contribution < -0.4 is 5.32 Å². The van der Waals surface area contributed by atoms with E-state index in [1.54, 1.807) is 6.20 Å². The molecule has 0 aliphatic rings. The van der Waals surface area contributed by atoms with Crippen molar-refractivity contribution in [1.29, 1.82) is 0 Å². The summed E-state index contributed by atoms with van der Waals surface area (Å²) < 4.78 is 2.73. The molecule has 1 amide bonds. The van der Waals surface area contributed by atoms with Crippen molar-refractivity contribution < 1.29 is 4.79 Å². The van der Waals surface area contributed by atoms with Gasteiger partial charge in [-0.2, -0.15) is 0 Å². The number of hydrogen-bond donors (Lipinski definition) is 1. The van der Waals surface area contributed by atoms with Crippen molar-refractivity contribution in [3.05, 3.63) is 29.1 Å². The van der Waals surface area contributed by atoms with Crippen LogP contribution in [0, 0.1) is 0 Å². The molecule has 0 unspecified atom stereocenters. The van der Waals surface area contributed by atoms with Crippen molar-refractivity contribution in [3.8, 4) is 0 Å². The number of halogens is 1. The Morgan fingerprint density at radius 1 is 1.60 bits per heavy atom. The molecule has 2 aromatic rings. The molecule has 0 radical (unpaired) electrons. The van der Waals surface area contributed by atoms with Crippen LogP contribution in [0.3, 0.4) is 0 Å². The molecular formula is C10H10BrN3O. The molecule has 1 N–H and O–H groups in total. The summed E-state index contributed by atoms with van der Waals surface area (Å²) in [6.07, 6.45) is 4.03. The lowest BCUT2D eigenvalue weighted by molar-refractivity contribution is -0.115. The number of hydrogen-bond acceptors (Lipinski definition) is 2. The van der Waals surface area contributed by atoms with Gasteiger partial charge in [-0.15, -0.1) is 0 Å². The molecule has 15 heavy (non-hydrogen) atoms. The Labute approximate surface area is 95.4 Å². The molecule has 0 spiro atoms. The monoisotopic (exact) mass is 267 g/mol. The number of imidazole rings is 1. The zero-order valence-electron chi connectivity index (χ0n) is 8.20. The van der Waals surface area contributed by atoms with Crippen LogP contribution in [0.25, 0.3) is 5.65 Å². The van der Waals surface area contributed by atoms with E-state index in [0.717, 1.165) is 15.9 Å². The van der Waals surface area contributed by atoms with Gasteiger partial charge < -0.3 is 5.32 Å². The molecule has 0 bridgehead atoms. The Morgan fingerprint density at radius 3 is 3.13 bits per heavy atom. The highest BCUT2D eigenvalue weighted by atomic mass is 79.9. The average Bonchev–Trinajstić information content (AvgIpc) is 2.60. The number of carbonyl (C=O) groups excluding carboxylic acids is 1. The van der Waals surface area contributed by atoms with Crippen molar-refractivity contribution in [1.82, 2.24) is 9.38 Å². The lowest BCUT2D eigenvalue weighted by Gasteiger charge is -2.04. The molecule has 0 saturated heterocycles. The molecule has 2 aromatic heterocycles. The molecule has 0 fully saturated rings. The van der Waals surface area contributed by atoms with Crippen molar-refractivity contribution in [3.63, 3.8) is 0 Å². The minimum absolute atomic E-state index is 0.00517. The minimum atomic E-state index is 0.00517. The molecule has 4 nitrogen and oxygen atoms in total. The van der Waals surface area contributed by atoms with Crippen LogP contribution in [-0.2, 0) is 4.79 Å². The summed E-state index contributed by atoms with van der Waals surface area (Å²) in [5.74, 6) is 0.00517. The van der Waals surface area contributed by atoms with E-state index in [4.69, 9.17) is 0 Å². The number of rotatable bonds is 2. The van der Waals surface area contributed by atoms with Gasteiger partial charge >= 0.3 is 0 Å². The van der Waals surface area contributed by atoms with Gasteiger partial charge in [0.05, 0.1) is 11.9 Å². The highest BCUT2D eigenvalue weighted by Crippen LogP contribution is 2.16. The van der Waals surface area contributed by atoms with Crippen molar-refractivity contribution in [2.75, 3.05) is 5.32 Å². The van der Waals surface area contributed by atoms with E-state index in [0.29, 0.717) is 6.42 Å². The Morgan fingerprint density at radius 2 is 2.40 bits per heavy atom. The van der Waals surface area contributed by atoms with Crippen LogP contribution in [0.1, 0.15) is 13.3 Å². The molecular weight excluding hydrogens is 258 g/mol. The normalized spacial score (nSPS) is 10.5. The maximum atomic E-state index is 11.2. The predicted molar refractivity (Wildman–Crippen MR) is 61.8 cm³/mol. The molecule has 0 saturated carbocycles. The maximum Gasteiger partial charge on any atom is 0.224 e. The van der Waals surface area contributed by atoms with Gasteiger partial charge in [0, 0.05) is 12.6 Å². The fourth-order valence-electron chi connectivity index (χ4n) is 1.27. The lowest BCUT2D eigenvalue weighted by Crippen LogP contribution is -2.09. The fourth-order valence-corrected chi connectivity index (χ4v) is 1.66. The SMILES string of the molecule is CCC(=O)Nc1ccc2ncc(Br)n2c1. The van der Waals surface area contributed by atoms with Gasteiger partial charge in [-0.25, -0.2) is 4.98 Å². The summed E-state index contributed by atoms with van der Waals surface area (Å²) in [7, 11) is 0. The third-order valence-corrected chi connectivity index (χ3v) is 2.65. The number of nitrogens with one attached hydrogen (secondary N) is 1. The van der Waals surface area contributed by atoms with Crippen LogP contribution >= 0.6 is 15.9 Å². The van der Waals surface area contributed by atoms with Crippen LogP contribution in [0.15, 0.2) is 29.1 Å². The summed E-state index contributed by atoms with van der Waals surface area (Å²) in [6, 6.07) is 3.69. The first-order valence-corrected chi connectivity index (χ1v) is 5.42. The van der Waals surface area contributed by atoms with E-state index < -0.39 is 0 Å². The lowest BCUT2D eigenvalue weighted by atomic mass is 10.3. The Kier molecular flexibility index (Phi) is 2.73. The second-order valence-electron chi connectivity index (χ2n) is 3.13. The van der Waals surface area contributed by atoms with Gasteiger partial charge in [0.15, 0.2) is 0 Å². The predicted octanol–water partition coefficient (Wildman–Crippen LogP) is 2.45. The van der Waals surface area contributed by atoms with E-state index in [-0.39, 0.29) is 5.91 Å². The quantitative estimate of drug-likeness (QED) is 0.909. The van der Waals surface area contributed by atoms with E-state index in [2.05, 4.69) is 26.2 Å². The molecule has 0 atom stereocenters. The number of fused-ring (bicyclic) bond motifs is 1. The second-order valence-corrected chi connectivity index (χ2v) is 3.94. The summed E-state index contributed by atoms with van der Waals surface area (Å²) in [4.78, 5) is 15.4. The number of amides is 1. The van der Waals surface area contributed by atoms with Crippen LogP contribution in [0.2, 0.25) is 0 Å². The molecule has 2 rings (SSSR count). The van der Waals surface area contributed by atoms with Crippen molar-refractivity contribution in [2.24, 2.45) is 0 Å². The first kappa shape index (κ1) is 10.2. The van der Waals surface area contributed by atoms with Crippen LogP contribution in [0.4, 0.5) is 5.69 Å². The Bertz CT molecular complexity index is 506. The summed E-state index contributed by atoms with van der Waals surface area (Å²) in [5, 5.41) is 2.79. The largest absolute Gasteiger partial charge is 0.325 e. The van der Waals surface area contributed by atoms with Crippen molar-refractivity contribution in [2.45, 2.75) is 13.3 Å². The van der Waals surface area contributed by atoms with E-state index in [1.807, 2.05) is 29.7 Å². The van der Waals surface area contributed by atoms with Crippen molar-refractivity contribution >= 4 is 33.2 Å². The van der Waals surface area contributed by atoms with Gasteiger partial charge in [-0.3, -0.25) is 9.20 Å². The minimum Gasteiger partial charge on any atom is -0.325 e. The first-order valence-electron chi connectivity index (χ1n) is 4.63. The topological polar surface area (TPSA) is 46.4 Å². The van der Waals surface area contributed by atoms with E-state index >= 15 is 0 Å². The van der Waals surface area contributed by atoms with E-state index in [1.165, 1.54) is 0 Å². The Balaban J connectivity index is 2.37. The average molecular weight is 268 g/mol. The summed E-state index contributed by atoms with van der Waals surface area (Å²) >= 11 is 3.37. The zero-order valence-corrected chi connectivity index (χ0v) is 9.78. The fraction of sp³-hybridized carbons (Fsp3) is 0.200. The summed E-state index contributed by atoms with van der Waals surface area (Å²) in [5.41, 5.74) is 1.62. The number of pyridine rings is 1. The van der Waals surface area contributed by atoms with Gasteiger partial charge in [0.25, 0.3) is 0 Å². The second kappa shape index (κ2) is 4.02. The third-order valence-electron chi connectivity index (χ3n) is 2.07. The highest BCUT2D eigenvalue weighted by molar-refractivity contribution is 9.10. The maximum absolute atomic E-state index is 11.2. The Hall–Kier alpha value is -1.36. The van der Waals surface area contributed by atoms with E-state index in [9.17, 15) is 4.79 Å².